The lowest BCUT2D eigenvalue weighted by Crippen LogP contribution is -2.30. The van der Waals surface area contributed by atoms with Crippen LogP contribution in [0.4, 0.5) is 0 Å². The number of aliphatic hydroxyl groups is 1. The Morgan fingerprint density at radius 3 is 2.53 bits per heavy atom. The van der Waals surface area contributed by atoms with Crippen LogP contribution in [0.3, 0.4) is 0 Å². The van der Waals surface area contributed by atoms with Crippen LogP contribution in [0.2, 0.25) is 0 Å². The summed E-state index contributed by atoms with van der Waals surface area (Å²) in [5.74, 6) is 0.789. The highest BCUT2D eigenvalue weighted by Gasteiger charge is 2.29. The molecular formula is C15H28O2. The number of hydrogen-bond donors (Lipinski definition) is 1. The molecule has 0 aromatic heterocycles. The van der Waals surface area contributed by atoms with Crippen LogP contribution >= 0.6 is 0 Å². The molecule has 0 spiro atoms. The average Bonchev–Trinajstić information content (AvgIpc) is 2.49. The highest BCUT2D eigenvalue weighted by molar-refractivity contribution is 4.81. The van der Waals surface area contributed by atoms with Crippen molar-refractivity contribution >= 4 is 0 Å². The summed E-state index contributed by atoms with van der Waals surface area (Å²) in [4.78, 5) is 0. The Bertz CT molecular complexity index is 219. The highest BCUT2D eigenvalue weighted by atomic mass is 16.5. The highest BCUT2D eigenvalue weighted by Crippen LogP contribution is 2.30. The maximum absolute atomic E-state index is 10.2. The fraction of sp³-hybridized carbons (Fsp3) is 1.00. The largest absolute Gasteiger partial charge is 0.390 e. The second kappa shape index (κ2) is 6.19. The molecule has 0 aromatic carbocycles. The molecule has 2 heteroatoms. The molecule has 2 fully saturated rings. The van der Waals surface area contributed by atoms with Crippen LogP contribution in [-0.2, 0) is 4.74 Å². The molecule has 0 saturated heterocycles. The molecule has 0 radical (unpaired) electrons. The second-order valence-electron chi connectivity index (χ2n) is 6.41. The Morgan fingerprint density at radius 2 is 1.76 bits per heavy atom. The van der Waals surface area contributed by atoms with Crippen molar-refractivity contribution in [2.75, 3.05) is 6.61 Å². The molecule has 2 rings (SSSR count). The zero-order chi connectivity index (χ0) is 12.1. The first kappa shape index (κ1) is 13.4. The van der Waals surface area contributed by atoms with E-state index < -0.39 is 5.60 Å². The van der Waals surface area contributed by atoms with Gasteiger partial charge in [-0.05, 0) is 38.5 Å². The van der Waals surface area contributed by atoms with E-state index in [0.717, 1.165) is 38.2 Å². The third kappa shape index (κ3) is 4.59. The summed E-state index contributed by atoms with van der Waals surface area (Å²) in [7, 11) is 0. The van der Waals surface area contributed by atoms with Crippen LogP contribution in [0.5, 0.6) is 0 Å². The molecule has 0 bridgehead atoms. The first-order valence-corrected chi connectivity index (χ1v) is 7.50. The fourth-order valence-electron chi connectivity index (χ4n) is 3.34. The Balaban J connectivity index is 1.73. The zero-order valence-corrected chi connectivity index (χ0v) is 11.3. The van der Waals surface area contributed by atoms with Gasteiger partial charge in [-0.1, -0.05) is 32.1 Å². The Morgan fingerprint density at radius 1 is 1.06 bits per heavy atom. The van der Waals surface area contributed by atoms with E-state index in [1.54, 1.807) is 0 Å². The van der Waals surface area contributed by atoms with Crippen LogP contribution in [0.1, 0.15) is 71.1 Å². The monoisotopic (exact) mass is 240 g/mol. The summed E-state index contributed by atoms with van der Waals surface area (Å²) in [6, 6.07) is 0. The average molecular weight is 240 g/mol. The van der Waals surface area contributed by atoms with Crippen molar-refractivity contribution in [1.82, 2.24) is 0 Å². The first-order chi connectivity index (χ1) is 8.16. The van der Waals surface area contributed by atoms with Gasteiger partial charge in [0, 0.05) is 13.0 Å². The van der Waals surface area contributed by atoms with Crippen LogP contribution in [0.25, 0.3) is 0 Å². The van der Waals surface area contributed by atoms with Crippen LogP contribution in [0.15, 0.2) is 0 Å². The van der Waals surface area contributed by atoms with E-state index in [-0.39, 0.29) is 0 Å². The van der Waals surface area contributed by atoms with Crippen molar-refractivity contribution in [3.05, 3.63) is 0 Å². The lowest BCUT2D eigenvalue weighted by atomic mass is 9.90. The van der Waals surface area contributed by atoms with Crippen molar-refractivity contribution < 1.29 is 9.84 Å². The Hall–Kier alpha value is -0.0800. The van der Waals surface area contributed by atoms with Crippen molar-refractivity contribution in [2.24, 2.45) is 5.92 Å². The van der Waals surface area contributed by atoms with Gasteiger partial charge in [-0.3, -0.25) is 0 Å². The van der Waals surface area contributed by atoms with Gasteiger partial charge in [0.05, 0.1) is 11.7 Å². The van der Waals surface area contributed by atoms with Gasteiger partial charge < -0.3 is 9.84 Å². The zero-order valence-electron chi connectivity index (χ0n) is 11.3. The van der Waals surface area contributed by atoms with E-state index in [0.29, 0.717) is 6.10 Å². The minimum Gasteiger partial charge on any atom is -0.390 e. The number of ether oxygens (including phenoxy) is 1. The quantitative estimate of drug-likeness (QED) is 0.763. The molecule has 2 atom stereocenters. The molecule has 2 nitrogen and oxygen atoms in total. The molecular weight excluding hydrogens is 212 g/mol. The normalized spacial score (nSPS) is 36.7. The summed E-state index contributed by atoms with van der Waals surface area (Å²) in [6.07, 6.45) is 12.5. The Kier molecular flexibility index (Phi) is 4.87. The molecule has 2 aliphatic carbocycles. The van der Waals surface area contributed by atoms with Crippen LogP contribution in [0, 0.1) is 5.92 Å². The standard InChI is InChI=1S/C15H28O2/c1-15(16)10-6-5-9-14(11-15)17-12-13-7-3-2-4-8-13/h13-14,16H,2-12H2,1H3. The summed E-state index contributed by atoms with van der Waals surface area (Å²) in [6.45, 7) is 2.90. The predicted molar refractivity (Wildman–Crippen MR) is 70.0 cm³/mol. The van der Waals surface area contributed by atoms with E-state index >= 15 is 0 Å². The molecule has 0 aliphatic heterocycles. The Labute approximate surface area is 106 Å². The summed E-state index contributed by atoms with van der Waals surface area (Å²) in [5, 5.41) is 10.2. The van der Waals surface area contributed by atoms with E-state index in [9.17, 15) is 5.11 Å². The topological polar surface area (TPSA) is 29.5 Å². The molecule has 0 aromatic rings. The lowest BCUT2D eigenvalue weighted by Gasteiger charge is -2.28. The fourth-order valence-corrected chi connectivity index (χ4v) is 3.34. The number of rotatable bonds is 3. The molecule has 100 valence electrons. The van der Waals surface area contributed by atoms with Gasteiger partial charge in [0.2, 0.25) is 0 Å². The maximum atomic E-state index is 10.2. The van der Waals surface area contributed by atoms with Crippen LogP contribution in [-0.4, -0.2) is 23.4 Å². The molecule has 2 saturated carbocycles. The van der Waals surface area contributed by atoms with Gasteiger partial charge in [-0.25, -0.2) is 0 Å². The van der Waals surface area contributed by atoms with Gasteiger partial charge in [0.1, 0.15) is 0 Å². The molecule has 0 heterocycles. The van der Waals surface area contributed by atoms with Crippen molar-refractivity contribution in [3.63, 3.8) is 0 Å². The molecule has 0 amide bonds. The maximum Gasteiger partial charge on any atom is 0.0644 e. The van der Waals surface area contributed by atoms with E-state index in [1.165, 1.54) is 38.5 Å². The van der Waals surface area contributed by atoms with E-state index in [2.05, 4.69) is 0 Å². The van der Waals surface area contributed by atoms with Gasteiger partial charge >= 0.3 is 0 Å². The molecule has 2 unspecified atom stereocenters. The summed E-state index contributed by atoms with van der Waals surface area (Å²) in [5.41, 5.74) is -0.492. The number of hydrogen-bond acceptors (Lipinski definition) is 2. The van der Waals surface area contributed by atoms with Gasteiger partial charge in [-0.15, -0.1) is 0 Å². The van der Waals surface area contributed by atoms with Crippen molar-refractivity contribution in [2.45, 2.75) is 82.8 Å². The molecule has 1 N–H and O–H groups in total. The SMILES string of the molecule is CC1(O)CCCCC(OCC2CCCCC2)C1. The lowest BCUT2D eigenvalue weighted by molar-refractivity contribution is -0.0391. The molecule has 2 aliphatic rings. The minimum absolute atomic E-state index is 0.300. The van der Waals surface area contributed by atoms with Crippen molar-refractivity contribution in [3.8, 4) is 0 Å². The molecule has 17 heavy (non-hydrogen) atoms. The van der Waals surface area contributed by atoms with Crippen molar-refractivity contribution in [1.29, 1.82) is 0 Å². The smallest absolute Gasteiger partial charge is 0.0644 e. The summed E-state index contributed by atoms with van der Waals surface area (Å²) >= 11 is 0. The van der Waals surface area contributed by atoms with Gasteiger partial charge in [-0.2, -0.15) is 0 Å². The summed E-state index contributed by atoms with van der Waals surface area (Å²) < 4.78 is 6.08. The first-order valence-electron chi connectivity index (χ1n) is 7.50. The second-order valence-corrected chi connectivity index (χ2v) is 6.41. The third-order valence-corrected chi connectivity index (χ3v) is 4.45. The van der Waals surface area contributed by atoms with Crippen LogP contribution < -0.4 is 0 Å². The minimum atomic E-state index is -0.492. The van der Waals surface area contributed by atoms with Gasteiger partial charge in [0.25, 0.3) is 0 Å². The predicted octanol–water partition coefficient (Wildman–Crippen LogP) is 3.67. The van der Waals surface area contributed by atoms with Gasteiger partial charge in [0.15, 0.2) is 0 Å². The van der Waals surface area contributed by atoms with E-state index in [1.807, 2.05) is 6.92 Å². The third-order valence-electron chi connectivity index (χ3n) is 4.45. The van der Waals surface area contributed by atoms with E-state index in [4.69, 9.17) is 4.74 Å².